The van der Waals surface area contributed by atoms with E-state index in [9.17, 15) is 0 Å². The first-order valence-corrected chi connectivity index (χ1v) is 8.24. The van der Waals surface area contributed by atoms with Crippen LogP contribution in [0.1, 0.15) is 30.9 Å². The van der Waals surface area contributed by atoms with Crippen LogP contribution >= 0.6 is 11.3 Å². The number of pyridine rings is 1. The summed E-state index contributed by atoms with van der Waals surface area (Å²) in [6, 6.07) is 12.9. The third-order valence-corrected chi connectivity index (χ3v) is 5.04. The maximum Gasteiger partial charge on any atom is 0.0797 e. The summed E-state index contributed by atoms with van der Waals surface area (Å²) in [4.78, 5) is 10.1. The Labute approximate surface area is 128 Å². The van der Waals surface area contributed by atoms with Crippen molar-refractivity contribution >= 4 is 11.3 Å². The van der Waals surface area contributed by atoms with Gasteiger partial charge in [-0.1, -0.05) is 36.8 Å². The first kappa shape index (κ1) is 12.7. The molecule has 0 unspecified atom stereocenters. The van der Waals surface area contributed by atoms with Crippen LogP contribution in [0.4, 0.5) is 0 Å². The van der Waals surface area contributed by atoms with E-state index in [2.05, 4.69) is 41.4 Å². The fourth-order valence-electron chi connectivity index (χ4n) is 2.80. The third-order valence-electron chi connectivity index (χ3n) is 4.23. The highest BCUT2D eigenvalue weighted by Crippen LogP contribution is 2.39. The highest BCUT2D eigenvalue weighted by Gasteiger charge is 2.22. The number of thiazole rings is 1. The largest absolute Gasteiger partial charge is 0.260 e. The molecule has 0 N–H and O–H groups in total. The summed E-state index contributed by atoms with van der Waals surface area (Å²) in [7, 11) is 0. The molecule has 0 spiro atoms. The van der Waals surface area contributed by atoms with Crippen LogP contribution in [0.3, 0.4) is 0 Å². The van der Waals surface area contributed by atoms with Crippen molar-refractivity contribution in [2.45, 2.75) is 25.2 Å². The molecule has 3 heteroatoms. The fraction of sp³-hybridized carbons (Fsp3) is 0.222. The molecule has 0 amide bonds. The lowest BCUT2D eigenvalue weighted by Crippen LogP contribution is -2.10. The predicted molar refractivity (Wildman–Crippen MR) is 87.4 cm³/mol. The molecular weight excluding hydrogens is 276 g/mol. The Morgan fingerprint density at radius 1 is 1.00 bits per heavy atom. The topological polar surface area (TPSA) is 25.8 Å². The summed E-state index contributed by atoms with van der Waals surface area (Å²) in [6.07, 6.45) is 7.85. The monoisotopic (exact) mass is 292 g/mol. The van der Waals surface area contributed by atoms with Crippen LogP contribution in [-0.4, -0.2) is 9.97 Å². The van der Waals surface area contributed by atoms with E-state index in [1.165, 1.54) is 46.5 Å². The first-order valence-electron chi connectivity index (χ1n) is 7.36. The molecule has 0 bridgehead atoms. The molecule has 4 rings (SSSR count). The first-order chi connectivity index (χ1) is 10.4. The predicted octanol–water partition coefficient (Wildman–Crippen LogP) is 5.14. The fourth-order valence-corrected chi connectivity index (χ4v) is 3.45. The molecule has 1 saturated carbocycles. The quantitative estimate of drug-likeness (QED) is 0.668. The average Bonchev–Trinajstić information content (AvgIpc) is 3.00. The molecule has 0 aliphatic heterocycles. The van der Waals surface area contributed by atoms with Gasteiger partial charge in [0.05, 0.1) is 10.4 Å². The van der Waals surface area contributed by atoms with Gasteiger partial charge in [-0.25, -0.2) is 0 Å². The van der Waals surface area contributed by atoms with Crippen LogP contribution in [-0.2, 0) is 0 Å². The van der Waals surface area contributed by atoms with Crippen molar-refractivity contribution in [2.75, 3.05) is 0 Å². The van der Waals surface area contributed by atoms with Crippen molar-refractivity contribution in [1.82, 2.24) is 9.97 Å². The van der Waals surface area contributed by atoms with Crippen molar-refractivity contribution in [1.29, 1.82) is 0 Å². The van der Waals surface area contributed by atoms with Crippen LogP contribution in [0.2, 0.25) is 0 Å². The molecule has 1 fully saturated rings. The van der Waals surface area contributed by atoms with Crippen molar-refractivity contribution in [3.8, 4) is 21.6 Å². The zero-order valence-electron chi connectivity index (χ0n) is 11.7. The van der Waals surface area contributed by atoms with Gasteiger partial charge in [0, 0.05) is 29.6 Å². The molecule has 2 aromatic heterocycles. The van der Waals surface area contributed by atoms with Gasteiger partial charge >= 0.3 is 0 Å². The molecule has 1 aliphatic carbocycles. The van der Waals surface area contributed by atoms with E-state index in [1.807, 2.05) is 17.9 Å². The minimum absolute atomic E-state index is 0.656. The number of rotatable bonds is 3. The summed E-state index contributed by atoms with van der Waals surface area (Å²) in [5, 5.41) is 0. The molecule has 2 nitrogen and oxygen atoms in total. The van der Waals surface area contributed by atoms with Crippen LogP contribution in [0.15, 0.2) is 54.3 Å². The molecule has 104 valence electrons. The standard InChI is InChI=1S/C18H16N2S/c1-2-5-13(6-3-1)15-9-17(14-7-4-8-14)20-10-16(15)18-11-19-12-21-18/h1-3,5-6,9-12,14H,4,7-8H2. The zero-order chi connectivity index (χ0) is 14.1. The highest BCUT2D eigenvalue weighted by atomic mass is 32.1. The van der Waals surface area contributed by atoms with E-state index in [-0.39, 0.29) is 0 Å². The molecular formula is C18H16N2S. The number of hydrogen-bond donors (Lipinski definition) is 0. The Morgan fingerprint density at radius 3 is 2.52 bits per heavy atom. The maximum absolute atomic E-state index is 4.72. The molecule has 21 heavy (non-hydrogen) atoms. The van der Waals surface area contributed by atoms with Crippen LogP contribution < -0.4 is 0 Å². The lowest BCUT2D eigenvalue weighted by molar-refractivity contribution is 0.411. The summed E-state index contributed by atoms with van der Waals surface area (Å²) in [5.41, 5.74) is 6.84. The van der Waals surface area contributed by atoms with Crippen molar-refractivity contribution < 1.29 is 0 Å². The smallest absolute Gasteiger partial charge is 0.0797 e. The second kappa shape index (κ2) is 5.41. The van der Waals surface area contributed by atoms with Gasteiger partial charge in [-0.2, -0.15) is 0 Å². The Bertz CT molecular complexity index is 731. The minimum atomic E-state index is 0.656. The summed E-state index contributed by atoms with van der Waals surface area (Å²) < 4.78 is 0. The molecule has 0 radical (unpaired) electrons. The Hall–Kier alpha value is -2.00. The number of nitrogens with zero attached hydrogens (tertiary/aromatic N) is 2. The second-order valence-electron chi connectivity index (χ2n) is 5.51. The van der Waals surface area contributed by atoms with E-state index >= 15 is 0 Å². The van der Waals surface area contributed by atoms with E-state index < -0.39 is 0 Å². The molecule has 0 saturated heterocycles. The Morgan fingerprint density at radius 2 is 1.86 bits per heavy atom. The van der Waals surface area contributed by atoms with E-state index in [0.717, 1.165) is 0 Å². The van der Waals surface area contributed by atoms with Crippen LogP contribution in [0.25, 0.3) is 21.6 Å². The van der Waals surface area contributed by atoms with E-state index in [0.29, 0.717) is 5.92 Å². The maximum atomic E-state index is 4.72. The van der Waals surface area contributed by atoms with E-state index in [4.69, 9.17) is 4.98 Å². The number of aromatic nitrogens is 2. The molecule has 0 atom stereocenters. The average molecular weight is 292 g/mol. The Kier molecular flexibility index (Phi) is 3.28. The number of benzene rings is 1. The SMILES string of the molecule is c1ccc(-c2cc(C3CCC3)ncc2-c2cncs2)cc1. The third kappa shape index (κ3) is 2.38. The lowest BCUT2D eigenvalue weighted by Gasteiger charge is -2.25. The highest BCUT2D eigenvalue weighted by molar-refractivity contribution is 7.13. The zero-order valence-corrected chi connectivity index (χ0v) is 12.5. The van der Waals surface area contributed by atoms with Gasteiger partial charge in [0.1, 0.15) is 0 Å². The van der Waals surface area contributed by atoms with Gasteiger partial charge in [-0.05, 0) is 30.0 Å². The van der Waals surface area contributed by atoms with E-state index in [1.54, 1.807) is 11.3 Å². The van der Waals surface area contributed by atoms with Crippen LogP contribution in [0.5, 0.6) is 0 Å². The van der Waals surface area contributed by atoms with Crippen molar-refractivity contribution in [3.05, 3.63) is 60.0 Å². The molecule has 1 aromatic carbocycles. The normalized spacial score (nSPS) is 14.9. The van der Waals surface area contributed by atoms with Gasteiger partial charge < -0.3 is 0 Å². The van der Waals surface area contributed by atoms with Gasteiger partial charge in [0.2, 0.25) is 0 Å². The van der Waals surface area contributed by atoms with Gasteiger partial charge in [0.15, 0.2) is 0 Å². The minimum Gasteiger partial charge on any atom is -0.260 e. The summed E-state index contributed by atoms with van der Waals surface area (Å²) in [5.74, 6) is 0.656. The van der Waals surface area contributed by atoms with Crippen LogP contribution in [0, 0.1) is 0 Å². The second-order valence-corrected chi connectivity index (χ2v) is 6.40. The summed E-state index contributed by atoms with van der Waals surface area (Å²) >= 11 is 1.67. The van der Waals surface area contributed by atoms with Gasteiger partial charge in [0.25, 0.3) is 0 Å². The molecule has 2 heterocycles. The van der Waals surface area contributed by atoms with Gasteiger partial charge in [-0.3, -0.25) is 9.97 Å². The van der Waals surface area contributed by atoms with Crippen molar-refractivity contribution in [3.63, 3.8) is 0 Å². The lowest BCUT2D eigenvalue weighted by atomic mass is 9.81. The summed E-state index contributed by atoms with van der Waals surface area (Å²) in [6.45, 7) is 0. The molecule has 1 aliphatic rings. The van der Waals surface area contributed by atoms with Crippen molar-refractivity contribution in [2.24, 2.45) is 0 Å². The number of hydrogen-bond acceptors (Lipinski definition) is 3. The van der Waals surface area contributed by atoms with Gasteiger partial charge in [-0.15, -0.1) is 11.3 Å². The Balaban J connectivity index is 1.86. The molecule has 3 aromatic rings.